The fraction of sp³-hybridized carbons (Fsp3) is 0.438. The molecule has 7 nitrogen and oxygen atoms in total. The van der Waals surface area contributed by atoms with Gasteiger partial charge in [0.15, 0.2) is 15.7 Å². The summed E-state index contributed by atoms with van der Waals surface area (Å²) in [4.78, 5) is 16.0. The van der Waals surface area contributed by atoms with E-state index in [0.717, 1.165) is 24.8 Å². The summed E-state index contributed by atoms with van der Waals surface area (Å²) in [7, 11) is -3.65. The average molecular weight is 349 g/mol. The Kier molecular flexibility index (Phi) is 4.66. The largest absolute Gasteiger partial charge is 0.348 e. The van der Waals surface area contributed by atoms with Gasteiger partial charge in [0.25, 0.3) is 0 Å². The van der Waals surface area contributed by atoms with Gasteiger partial charge < -0.3 is 9.84 Å². The van der Waals surface area contributed by atoms with Crippen molar-refractivity contribution in [3.8, 4) is 0 Å². The first-order valence-corrected chi connectivity index (χ1v) is 9.62. The number of carbonyl (C=O) groups is 1. The molecular formula is C16H19N3O4S. The minimum Gasteiger partial charge on any atom is -0.348 e. The highest BCUT2D eigenvalue weighted by Crippen LogP contribution is 2.29. The molecule has 1 atom stereocenters. The first-order valence-electron chi connectivity index (χ1n) is 7.80. The molecule has 1 aliphatic carbocycles. The van der Waals surface area contributed by atoms with Crippen LogP contribution in [0.25, 0.3) is 0 Å². The summed E-state index contributed by atoms with van der Waals surface area (Å²) >= 11 is 0. The number of aryl methyl sites for hydroxylation is 2. The fourth-order valence-electron chi connectivity index (χ4n) is 2.99. The molecule has 1 N–H and O–H groups in total. The zero-order chi connectivity index (χ0) is 17.2. The number of fused-ring (bicyclic) bond motifs is 1. The molecule has 2 aromatic rings. The summed E-state index contributed by atoms with van der Waals surface area (Å²) in [6, 6.07) is 7.79. The number of rotatable bonds is 5. The molecule has 0 unspecified atom stereocenters. The summed E-state index contributed by atoms with van der Waals surface area (Å²) in [5.74, 6) is -1.12. The van der Waals surface area contributed by atoms with Crippen LogP contribution in [0.3, 0.4) is 0 Å². The Bertz CT molecular complexity index is 845. The van der Waals surface area contributed by atoms with Crippen molar-refractivity contribution in [3.05, 3.63) is 47.1 Å². The lowest BCUT2D eigenvalue weighted by Crippen LogP contribution is -2.35. The number of hydrogen-bond donors (Lipinski definition) is 1. The van der Waals surface area contributed by atoms with Crippen molar-refractivity contribution in [1.29, 1.82) is 0 Å². The fourth-order valence-corrected chi connectivity index (χ4v) is 4.08. The molecule has 1 amide bonds. The van der Waals surface area contributed by atoms with E-state index in [4.69, 9.17) is 4.52 Å². The van der Waals surface area contributed by atoms with Crippen LogP contribution in [-0.2, 0) is 26.8 Å². The first-order chi connectivity index (χ1) is 11.4. The van der Waals surface area contributed by atoms with E-state index in [1.165, 1.54) is 5.56 Å². The highest BCUT2D eigenvalue weighted by molar-refractivity contribution is 7.91. The van der Waals surface area contributed by atoms with E-state index in [0.29, 0.717) is 5.89 Å². The van der Waals surface area contributed by atoms with Gasteiger partial charge in [-0.15, -0.1) is 0 Å². The zero-order valence-corrected chi connectivity index (χ0v) is 14.2. The van der Waals surface area contributed by atoms with Crippen LogP contribution in [0.15, 0.2) is 28.8 Å². The third kappa shape index (κ3) is 4.00. The second-order valence-electron chi connectivity index (χ2n) is 5.97. The maximum Gasteiger partial charge on any atom is 0.235 e. The SMILES string of the molecule is Cc1nc(CS(=O)(=O)CC(=O)N[C@H]2CCCc3ccccc32)no1. The van der Waals surface area contributed by atoms with Crippen LogP contribution < -0.4 is 5.32 Å². The quantitative estimate of drug-likeness (QED) is 0.877. The van der Waals surface area contributed by atoms with Gasteiger partial charge in [0.05, 0.1) is 6.04 Å². The predicted molar refractivity (Wildman–Crippen MR) is 86.8 cm³/mol. The molecule has 0 aliphatic heterocycles. The number of amides is 1. The molecular weight excluding hydrogens is 330 g/mol. The first kappa shape index (κ1) is 16.6. The van der Waals surface area contributed by atoms with Gasteiger partial charge in [-0.25, -0.2) is 8.42 Å². The normalized spacial score (nSPS) is 17.3. The predicted octanol–water partition coefficient (Wildman–Crippen LogP) is 1.49. The van der Waals surface area contributed by atoms with Crippen molar-refractivity contribution in [2.45, 2.75) is 38.0 Å². The molecule has 0 saturated heterocycles. The second kappa shape index (κ2) is 6.72. The number of aromatic nitrogens is 2. The third-order valence-electron chi connectivity index (χ3n) is 3.97. The lowest BCUT2D eigenvalue weighted by Gasteiger charge is -2.26. The van der Waals surface area contributed by atoms with Gasteiger partial charge in [0.1, 0.15) is 11.5 Å². The highest BCUT2D eigenvalue weighted by Gasteiger charge is 2.25. The highest BCUT2D eigenvalue weighted by atomic mass is 32.2. The van der Waals surface area contributed by atoms with E-state index in [-0.39, 0.29) is 11.9 Å². The standard InChI is InChI=1S/C16H19N3O4S/c1-11-17-15(19-23-11)9-24(21,22)10-16(20)18-14-8-4-6-12-5-2-3-7-13(12)14/h2-3,5,7,14H,4,6,8-10H2,1H3,(H,18,20)/t14-/m0/s1. The van der Waals surface area contributed by atoms with E-state index >= 15 is 0 Å². The number of nitrogens with one attached hydrogen (secondary N) is 1. The monoisotopic (exact) mass is 349 g/mol. The lowest BCUT2D eigenvalue weighted by atomic mass is 9.88. The maximum absolute atomic E-state index is 12.2. The molecule has 1 aromatic heterocycles. The number of nitrogens with zero attached hydrogens (tertiary/aromatic N) is 2. The van der Waals surface area contributed by atoms with Crippen LogP contribution in [0.2, 0.25) is 0 Å². The van der Waals surface area contributed by atoms with Crippen molar-refractivity contribution >= 4 is 15.7 Å². The number of hydrogen-bond acceptors (Lipinski definition) is 6. The Balaban J connectivity index is 1.63. The van der Waals surface area contributed by atoms with Gasteiger partial charge >= 0.3 is 0 Å². The number of carbonyl (C=O) groups excluding carboxylic acids is 1. The van der Waals surface area contributed by atoms with Gasteiger partial charge in [-0.3, -0.25) is 4.79 Å². The van der Waals surface area contributed by atoms with Crippen molar-refractivity contribution < 1.29 is 17.7 Å². The van der Waals surface area contributed by atoms with Crippen LogP contribution in [0.1, 0.15) is 41.7 Å². The van der Waals surface area contributed by atoms with Crippen LogP contribution >= 0.6 is 0 Å². The summed E-state index contributed by atoms with van der Waals surface area (Å²) in [5, 5.41) is 6.40. The van der Waals surface area contributed by atoms with Crippen LogP contribution in [0, 0.1) is 6.92 Å². The Morgan fingerprint density at radius 1 is 1.38 bits per heavy atom. The van der Waals surface area contributed by atoms with E-state index in [9.17, 15) is 13.2 Å². The molecule has 24 heavy (non-hydrogen) atoms. The van der Waals surface area contributed by atoms with Crippen molar-refractivity contribution in [1.82, 2.24) is 15.5 Å². The Hall–Kier alpha value is -2.22. The number of benzene rings is 1. The molecule has 0 radical (unpaired) electrons. The van der Waals surface area contributed by atoms with Crippen LogP contribution in [0.5, 0.6) is 0 Å². The van der Waals surface area contributed by atoms with E-state index in [1.807, 2.05) is 24.3 Å². The molecule has 0 fully saturated rings. The van der Waals surface area contributed by atoms with Gasteiger partial charge in [-0.05, 0) is 30.4 Å². The molecule has 3 rings (SSSR count). The molecule has 1 aromatic carbocycles. The van der Waals surface area contributed by atoms with E-state index in [2.05, 4.69) is 15.5 Å². The summed E-state index contributed by atoms with van der Waals surface area (Å²) < 4.78 is 29.0. The van der Waals surface area contributed by atoms with Gasteiger partial charge in [-0.2, -0.15) is 4.98 Å². The van der Waals surface area contributed by atoms with Gasteiger partial charge in [0.2, 0.25) is 11.8 Å². The van der Waals surface area contributed by atoms with Crippen molar-refractivity contribution in [3.63, 3.8) is 0 Å². The minimum atomic E-state index is -3.65. The summed E-state index contributed by atoms with van der Waals surface area (Å²) in [6.07, 6.45) is 2.77. The lowest BCUT2D eigenvalue weighted by molar-refractivity contribution is -0.119. The third-order valence-corrected chi connectivity index (χ3v) is 5.37. The molecule has 128 valence electrons. The Morgan fingerprint density at radius 2 is 2.17 bits per heavy atom. The van der Waals surface area contributed by atoms with Gasteiger partial charge in [0, 0.05) is 6.92 Å². The van der Waals surface area contributed by atoms with E-state index < -0.39 is 27.3 Å². The molecule has 1 heterocycles. The topological polar surface area (TPSA) is 102 Å². The van der Waals surface area contributed by atoms with Crippen molar-refractivity contribution in [2.24, 2.45) is 0 Å². The second-order valence-corrected chi connectivity index (χ2v) is 8.04. The summed E-state index contributed by atoms with van der Waals surface area (Å²) in [5.41, 5.74) is 2.28. The molecule has 8 heteroatoms. The zero-order valence-electron chi connectivity index (χ0n) is 13.4. The molecule has 0 spiro atoms. The van der Waals surface area contributed by atoms with Crippen LogP contribution in [-0.4, -0.2) is 30.2 Å². The van der Waals surface area contributed by atoms with Crippen molar-refractivity contribution in [2.75, 3.05) is 5.75 Å². The molecule has 0 bridgehead atoms. The Labute approximate surface area is 140 Å². The maximum atomic E-state index is 12.2. The number of sulfone groups is 1. The summed E-state index contributed by atoms with van der Waals surface area (Å²) in [6.45, 7) is 1.58. The smallest absolute Gasteiger partial charge is 0.235 e. The Morgan fingerprint density at radius 3 is 2.92 bits per heavy atom. The average Bonchev–Trinajstić information content (AvgIpc) is 2.91. The molecule has 1 aliphatic rings. The minimum absolute atomic E-state index is 0.0725. The molecule has 0 saturated carbocycles. The van der Waals surface area contributed by atoms with E-state index in [1.54, 1.807) is 6.92 Å². The van der Waals surface area contributed by atoms with Gasteiger partial charge in [-0.1, -0.05) is 29.4 Å². The van der Waals surface area contributed by atoms with Crippen LogP contribution in [0.4, 0.5) is 0 Å².